The first-order chi connectivity index (χ1) is 8.86. The van der Waals surface area contributed by atoms with Gasteiger partial charge in [-0.15, -0.1) is 0 Å². The third kappa shape index (κ3) is 3.96. The Balaban J connectivity index is 1.94. The lowest BCUT2D eigenvalue weighted by Crippen LogP contribution is -2.37. The summed E-state index contributed by atoms with van der Waals surface area (Å²) in [6, 6.07) is 5.51. The van der Waals surface area contributed by atoms with Gasteiger partial charge in [-0.3, -0.25) is 4.90 Å². The molecule has 106 valence electrons. The van der Waals surface area contributed by atoms with Crippen molar-refractivity contribution in [2.24, 2.45) is 11.3 Å². The van der Waals surface area contributed by atoms with Crippen molar-refractivity contribution in [1.82, 2.24) is 4.90 Å². The van der Waals surface area contributed by atoms with Gasteiger partial charge in [0.05, 0.1) is 0 Å². The molecule has 1 fully saturated rings. The van der Waals surface area contributed by atoms with Crippen molar-refractivity contribution in [2.75, 3.05) is 13.1 Å². The van der Waals surface area contributed by atoms with E-state index < -0.39 is 0 Å². The lowest BCUT2D eigenvalue weighted by atomic mass is 9.75. The second kappa shape index (κ2) is 5.84. The highest BCUT2D eigenvalue weighted by atomic mass is 79.9. The highest BCUT2D eigenvalue weighted by Gasteiger charge is 2.28. The number of rotatable bonds is 2. The summed E-state index contributed by atoms with van der Waals surface area (Å²) in [6.45, 7) is 10.3. The molecule has 19 heavy (non-hydrogen) atoms. The Kier molecular flexibility index (Phi) is 4.57. The number of phenols is 1. The standard InChI is InChI=1S/C16H24BrNO/c1-16(2,3)13-6-8-18(9-7-13)11-12-10-14(19)4-5-15(12)17/h4-5,10,13,19H,6-9,11H2,1-3H3. The molecule has 0 atom stereocenters. The second-order valence-electron chi connectivity index (χ2n) is 6.69. The van der Waals surface area contributed by atoms with E-state index in [1.54, 1.807) is 6.07 Å². The highest BCUT2D eigenvalue weighted by molar-refractivity contribution is 9.10. The van der Waals surface area contributed by atoms with Crippen molar-refractivity contribution < 1.29 is 5.11 Å². The number of likely N-dealkylation sites (tertiary alicyclic amines) is 1. The topological polar surface area (TPSA) is 23.5 Å². The number of benzene rings is 1. The average Bonchev–Trinajstić information content (AvgIpc) is 2.33. The quantitative estimate of drug-likeness (QED) is 0.870. The molecule has 3 heteroatoms. The van der Waals surface area contributed by atoms with E-state index >= 15 is 0 Å². The largest absolute Gasteiger partial charge is 0.508 e. The van der Waals surface area contributed by atoms with Crippen molar-refractivity contribution in [3.63, 3.8) is 0 Å². The minimum Gasteiger partial charge on any atom is -0.508 e. The van der Waals surface area contributed by atoms with Crippen LogP contribution in [0.5, 0.6) is 5.75 Å². The fourth-order valence-corrected chi connectivity index (χ4v) is 3.25. The smallest absolute Gasteiger partial charge is 0.115 e. The summed E-state index contributed by atoms with van der Waals surface area (Å²) in [7, 11) is 0. The van der Waals surface area contributed by atoms with Gasteiger partial charge in [-0.1, -0.05) is 36.7 Å². The fourth-order valence-electron chi connectivity index (χ4n) is 2.88. The molecular formula is C16H24BrNO. The van der Waals surface area contributed by atoms with E-state index in [1.165, 1.54) is 18.4 Å². The van der Waals surface area contributed by atoms with Gasteiger partial charge in [-0.2, -0.15) is 0 Å². The lowest BCUT2D eigenvalue weighted by molar-refractivity contribution is 0.108. The number of phenolic OH excluding ortho intramolecular Hbond substituents is 1. The highest BCUT2D eigenvalue weighted by Crippen LogP contribution is 2.35. The molecule has 0 spiro atoms. The van der Waals surface area contributed by atoms with Gasteiger partial charge in [-0.05, 0) is 61.0 Å². The van der Waals surface area contributed by atoms with Gasteiger partial charge in [0.15, 0.2) is 0 Å². The zero-order valence-electron chi connectivity index (χ0n) is 12.1. The van der Waals surface area contributed by atoms with Crippen LogP contribution in [0.4, 0.5) is 0 Å². The molecule has 1 aliphatic heterocycles. The summed E-state index contributed by atoms with van der Waals surface area (Å²) >= 11 is 3.56. The van der Waals surface area contributed by atoms with E-state index in [0.29, 0.717) is 11.2 Å². The molecule has 0 bridgehead atoms. The van der Waals surface area contributed by atoms with Gasteiger partial charge in [0.1, 0.15) is 5.75 Å². The zero-order valence-corrected chi connectivity index (χ0v) is 13.7. The van der Waals surface area contributed by atoms with Crippen LogP contribution in [0.3, 0.4) is 0 Å². The maximum Gasteiger partial charge on any atom is 0.115 e. The van der Waals surface area contributed by atoms with Crippen LogP contribution in [0.15, 0.2) is 22.7 Å². The van der Waals surface area contributed by atoms with Gasteiger partial charge in [0.25, 0.3) is 0 Å². The average molecular weight is 326 g/mol. The third-order valence-corrected chi connectivity index (χ3v) is 5.01. The van der Waals surface area contributed by atoms with Crippen molar-refractivity contribution in [3.8, 4) is 5.75 Å². The first kappa shape index (κ1) is 14.9. The first-order valence-electron chi connectivity index (χ1n) is 7.06. The van der Waals surface area contributed by atoms with Crippen LogP contribution in [-0.4, -0.2) is 23.1 Å². The van der Waals surface area contributed by atoms with Gasteiger partial charge >= 0.3 is 0 Å². The normalized spacial score (nSPS) is 18.7. The molecule has 2 nitrogen and oxygen atoms in total. The Morgan fingerprint density at radius 2 is 1.89 bits per heavy atom. The number of halogens is 1. The van der Waals surface area contributed by atoms with Crippen LogP contribution in [0, 0.1) is 11.3 Å². The van der Waals surface area contributed by atoms with Crippen molar-refractivity contribution >= 4 is 15.9 Å². The van der Waals surface area contributed by atoms with Crippen LogP contribution in [0.25, 0.3) is 0 Å². The number of hydrogen-bond donors (Lipinski definition) is 1. The zero-order chi connectivity index (χ0) is 14.0. The monoisotopic (exact) mass is 325 g/mol. The molecular weight excluding hydrogens is 302 g/mol. The first-order valence-corrected chi connectivity index (χ1v) is 7.85. The van der Waals surface area contributed by atoms with Crippen LogP contribution < -0.4 is 0 Å². The molecule has 0 unspecified atom stereocenters. The molecule has 0 aromatic heterocycles. The Hall–Kier alpha value is -0.540. The maximum absolute atomic E-state index is 9.58. The van der Waals surface area contributed by atoms with E-state index in [4.69, 9.17) is 0 Å². The van der Waals surface area contributed by atoms with Gasteiger partial charge in [0, 0.05) is 11.0 Å². The second-order valence-corrected chi connectivity index (χ2v) is 7.55. The Morgan fingerprint density at radius 1 is 1.26 bits per heavy atom. The predicted molar refractivity (Wildman–Crippen MR) is 83.3 cm³/mol. The summed E-state index contributed by atoms with van der Waals surface area (Å²) in [5.74, 6) is 1.18. The number of nitrogens with zero attached hydrogens (tertiary/aromatic N) is 1. The van der Waals surface area contributed by atoms with Gasteiger partial charge < -0.3 is 5.11 Å². The van der Waals surface area contributed by atoms with Crippen molar-refractivity contribution in [1.29, 1.82) is 0 Å². The van der Waals surface area contributed by atoms with E-state index in [9.17, 15) is 5.11 Å². The summed E-state index contributed by atoms with van der Waals surface area (Å²) in [4.78, 5) is 2.49. The summed E-state index contributed by atoms with van der Waals surface area (Å²) < 4.78 is 1.09. The van der Waals surface area contributed by atoms with E-state index in [-0.39, 0.29) is 0 Å². The minimum absolute atomic E-state index is 0.350. The van der Waals surface area contributed by atoms with E-state index in [0.717, 1.165) is 30.0 Å². The minimum atomic E-state index is 0.350. The number of piperidine rings is 1. The molecule has 0 radical (unpaired) electrons. The van der Waals surface area contributed by atoms with Crippen molar-refractivity contribution in [2.45, 2.75) is 40.2 Å². The number of hydrogen-bond acceptors (Lipinski definition) is 2. The number of aromatic hydroxyl groups is 1. The molecule has 1 aromatic rings. The Morgan fingerprint density at radius 3 is 2.47 bits per heavy atom. The molecule has 2 rings (SSSR count). The summed E-state index contributed by atoms with van der Waals surface area (Å²) in [5, 5.41) is 9.58. The van der Waals surface area contributed by atoms with Crippen LogP contribution in [0.2, 0.25) is 0 Å². The molecule has 1 heterocycles. The Labute approximate surface area is 124 Å². The van der Waals surface area contributed by atoms with E-state index in [1.807, 2.05) is 12.1 Å². The van der Waals surface area contributed by atoms with E-state index in [2.05, 4.69) is 41.6 Å². The summed E-state index contributed by atoms with van der Waals surface area (Å²) in [6.07, 6.45) is 2.56. The molecule has 0 amide bonds. The Bertz CT molecular complexity index is 431. The molecule has 1 aliphatic rings. The van der Waals surface area contributed by atoms with Gasteiger partial charge in [-0.25, -0.2) is 0 Å². The molecule has 0 saturated carbocycles. The SMILES string of the molecule is CC(C)(C)C1CCN(Cc2cc(O)ccc2Br)CC1. The molecule has 1 saturated heterocycles. The van der Waals surface area contributed by atoms with Crippen LogP contribution in [-0.2, 0) is 6.54 Å². The van der Waals surface area contributed by atoms with Crippen molar-refractivity contribution in [3.05, 3.63) is 28.2 Å². The molecule has 0 aliphatic carbocycles. The molecule has 1 N–H and O–H groups in total. The predicted octanol–water partition coefficient (Wildman–Crippen LogP) is 4.41. The molecule has 1 aromatic carbocycles. The maximum atomic E-state index is 9.58. The lowest BCUT2D eigenvalue weighted by Gasteiger charge is -2.38. The van der Waals surface area contributed by atoms with Crippen LogP contribution >= 0.6 is 15.9 Å². The fraction of sp³-hybridized carbons (Fsp3) is 0.625. The van der Waals surface area contributed by atoms with Crippen LogP contribution in [0.1, 0.15) is 39.2 Å². The summed E-state index contributed by atoms with van der Waals surface area (Å²) in [5.41, 5.74) is 1.60. The third-order valence-electron chi connectivity index (χ3n) is 4.24. The van der Waals surface area contributed by atoms with Gasteiger partial charge in [0.2, 0.25) is 0 Å².